The molecule has 58 heavy (non-hydrogen) atoms. The molecular weight excluding hydrogens is 703 g/mol. The first-order valence-electron chi connectivity index (χ1n) is 19.8. The Labute approximate surface area is 334 Å². The third-order valence-electron chi connectivity index (χ3n) is 11.8. The number of nitrogens with zero attached hydrogens (tertiary/aromatic N) is 3. The first kappa shape index (κ1) is 32.5. The minimum atomic E-state index is 0.636. The fraction of sp³-hybridized carbons (Fsp3) is 0. The van der Waals surface area contributed by atoms with Crippen molar-refractivity contribution in [1.29, 1.82) is 0 Å². The van der Waals surface area contributed by atoms with Gasteiger partial charge in [-0.1, -0.05) is 188 Å². The third-order valence-corrected chi connectivity index (χ3v) is 11.8. The van der Waals surface area contributed by atoms with Gasteiger partial charge in [-0.25, -0.2) is 15.0 Å². The van der Waals surface area contributed by atoms with Gasteiger partial charge in [0.15, 0.2) is 17.5 Å². The van der Waals surface area contributed by atoms with Gasteiger partial charge in [0.2, 0.25) is 0 Å². The van der Waals surface area contributed by atoms with Crippen LogP contribution in [0.2, 0.25) is 0 Å². The van der Waals surface area contributed by atoms with Gasteiger partial charge in [-0.3, -0.25) is 0 Å². The van der Waals surface area contributed by atoms with Crippen LogP contribution in [0.15, 0.2) is 200 Å². The summed E-state index contributed by atoms with van der Waals surface area (Å²) in [6.45, 7) is 0. The second-order valence-corrected chi connectivity index (χ2v) is 15.1. The summed E-state index contributed by atoms with van der Waals surface area (Å²) in [6.07, 6.45) is 0. The van der Waals surface area contributed by atoms with Crippen molar-refractivity contribution in [2.75, 3.05) is 0 Å². The molecule has 0 aliphatic rings. The molecule has 0 saturated heterocycles. The molecule has 0 amide bonds. The van der Waals surface area contributed by atoms with E-state index in [4.69, 9.17) is 15.0 Å². The largest absolute Gasteiger partial charge is 0.208 e. The summed E-state index contributed by atoms with van der Waals surface area (Å²) in [5, 5.41) is 15.3. The fourth-order valence-corrected chi connectivity index (χ4v) is 9.15. The third kappa shape index (κ3) is 5.11. The van der Waals surface area contributed by atoms with E-state index in [0.717, 1.165) is 33.4 Å². The SMILES string of the molecule is c1ccc(-c2nc(-c3ccc(-c4cc5ccc6cccc7c8cccc9ccc%10cccc(c(c4)c5c67)c%10c98)cc3)nc(-c3ccccc3-c3ccccc3)n2)cc1. The van der Waals surface area contributed by atoms with Crippen LogP contribution in [-0.2, 0) is 0 Å². The molecule has 12 rings (SSSR count). The molecule has 0 bridgehead atoms. The Kier molecular flexibility index (Phi) is 7.23. The lowest BCUT2D eigenvalue weighted by Crippen LogP contribution is -2.01. The number of hydrogen-bond donors (Lipinski definition) is 0. The minimum absolute atomic E-state index is 0.636. The number of benzene rings is 10. The number of rotatable bonds is 5. The average Bonchev–Trinajstić information content (AvgIpc) is 3.30. The molecule has 3 heteroatoms. The molecular formula is C55H33N3. The second-order valence-electron chi connectivity index (χ2n) is 15.1. The van der Waals surface area contributed by atoms with Crippen LogP contribution in [-0.4, -0.2) is 15.0 Å². The molecule has 12 aromatic rings. The molecule has 1 aromatic heterocycles. The Morgan fingerprint density at radius 1 is 0.224 bits per heavy atom. The van der Waals surface area contributed by atoms with E-state index in [9.17, 15) is 0 Å². The van der Waals surface area contributed by atoms with Gasteiger partial charge < -0.3 is 0 Å². The molecule has 11 aromatic carbocycles. The lowest BCUT2D eigenvalue weighted by molar-refractivity contribution is 1.07. The Balaban J connectivity index is 1.06. The zero-order valence-electron chi connectivity index (χ0n) is 31.4. The van der Waals surface area contributed by atoms with Crippen molar-refractivity contribution in [3.05, 3.63) is 200 Å². The van der Waals surface area contributed by atoms with Crippen molar-refractivity contribution in [2.24, 2.45) is 0 Å². The van der Waals surface area contributed by atoms with Crippen LogP contribution >= 0.6 is 0 Å². The molecule has 0 atom stereocenters. The normalized spacial score (nSPS) is 11.8. The van der Waals surface area contributed by atoms with Gasteiger partial charge >= 0.3 is 0 Å². The fourth-order valence-electron chi connectivity index (χ4n) is 9.15. The standard InChI is InChI=1S/C55H33N3/c1-3-12-35(13-4-1)43-19-7-8-20-47(43)55-57-53(39-14-5-2-6-15-39)56-54(58-55)40-29-24-34(25-30-40)42-32-41-31-28-38-17-10-22-45-44-21-9-16-36-26-27-37-18-11-23-46(51(37)49(36)44)48(33-42)52(41)50(38)45/h1-33H. The highest BCUT2D eigenvalue weighted by Gasteiger charge is 2.18. The van der Waals surface area contributed by atoms with Gasteiger partial charge in [0.05, 0.1) is 0 Å². The summed E-state index contributed by atoms with van der Waals surface area (Å²) < 4.78 is 0. The Hall–Kier alpha value is -7.75. The molecule has 0 N–H and O–H groups in total. The first-order valence-corrected chi connectivity index (χ1v) is 19.8. The van der Waals surface area contributed by atoms with E-state index in [1.807, 2.05) is 30.3 Å². The molecule has 1 heterocycles. The van der Waals surface area contributed by atoms with E-state index < -0.39 is 0 Å². The van der Waals surface area contributed by atoms with Crippen molar-refractivity contribution >= 4 is 64.6 Å². The second kappa shape index (κ2) is 12.9. The lowest BCUT2D eigenvalue weighted by Gasteiger charge is -2.17. The number of aromatic nitrogens is 3. The van der Waals surface area contributed by atoms with Gasteiger partial charge in [0.1, 0.15) is 0 Å². The molecule has 268 valence electrons. The quantitative estimate of drug-likeness (QED) is 0.165. The predicted molar refractivity (Wildman–Crippen MR) is 243 cm³/mol. The first-order chi connectivity index (χ1) is 28.7. The Morgan fingerprint density at radius 3 is 1.24 bits per heavy atom. The van der Waals surface area contributed by atoms with Crippen LogP contribution in [0.4, 0.5) is 0 Å². The lowest BCUT2D eigenvalue weighted by atomic mass is 9.86. The predicted octanol–water partition coefficient (Wildman–Crippen LogP) is 14.6. The molecule has 0 saturated carbocycles. The van der Waals surface area contributed by atoms with Crippen molar-refractivity contribution < 1.29 is 0 Å². The highest BCUT2D eigenvalue weighted by molar-refractivity contribution is 6.37. The summed E-state index contributed by atoms with van der Waals surface area (Å²) >= 11 is 0. The molecule has 0 spiro atoms. The van der Waals surface area contributed by atoms with Gasteiger partial charge in [0.25, 0.3) is 0 Å². The topological polar surface area (TPSA) is 38.7 Å². The van der Waals surface area contributed by atoms with Crippen LogP contribution in [0.3, 0.4) is 0 Å². The molecule has 0 unspecified atom stereocenters. The number of hydrogen-bond acceptors (Lipinski definition) is 3. The van der Waals surface area contributed by atoms with Crippen molar-refractivity contribution in [2.45, 2.75) is 0 Å². The summed E-state index contributed by atoms with van der Waals surface area (Å²) in [5.74, 6) is 1.92. The summed E-state index contributed by atoms with van der Waals surface area (Å²) in [7, 11) is 0. The van der Waals surface area contributed by atoms with Gasteiger partial charge in [-0.15, -0.1) is 0 Å². The van der Waals surface area contributed by atoms with E-state index in [-0.39, 0.29) is 0 Å². The van der Waals surface area contributed by atoms with E-state index >= 15 is 0 Å². The zero-order valence-corrected chi connectivity index (χ0v) is 31.4. The monoisotopic (exact) mass is 735 g/mol. The summed E-state index contributed by atoms with van der Waals surface area (Å²) in [4.78, 5) is 15.3. The van der Waals surface area contributed by atoms with Gasteiger partial charge in [0, 0.05) is 16.7 Å². The van der Waals surface area contributed by atoms with Crippen LogP contribution < -0.4 is 0 Å². The van der Waals surface area contributed by atoms with E-state index in [1.54, 1.807) is 0 Å². The van der Waals surface area contributed by atoms with Gasteiger partial charge in [-0.2, -0.15) is 0 Å². The maximum atomic E-state index is 5.15. The Morgan fingerprint density at radius 2 is 0.655 bits per heavy atom. The van der Waals surface area contributed by atoms with Crippen LogP contribution in [0, 0.1) is 0 Å². The van der Waals surface area contributed by atoms with Crippen LogP contribution in [0.25, 0.3) is 121 Å². The van der Waals surface area contributed by atoms with E-state index in [1.165, 1.54) is 70.2 Å². The van der Waals surface area contributed by atoms with Crippen LogP contribution in [0.1, 0.15) is 0 Å². The highest BCUT2D eigenvalue weighted by atomic mass is 15.0. The van der Waals surface area contributed by atoms with E-state index in [0.29, 0.717) is 17.5 Å². The molecule has 3 nitrogen and oxygen atoms in total. The van der Waals surface area contributed by atoms with Crippen molar-refractivity contribution in [3.8, 4) is 56.4 Å². The number of fused-ring (bicyclic) bond motifs is 2. The zero-order chi connectivity index (χ0) is 38.2. The highest BCUT2D eigenvalue weighted by Crippen LogP contribution is 2.44. The van der Waals surface area contributed by atoms with Crippen molar-refractivity contribution in [1.82, 2.24) is 15.0 Å². The van der Waals surface area contributed by atoms with Crippen LogP contribution in [0.5, 0.6) is 0 Å². The molecule has 0 aliphatic heterocycles. The van der Waals surface area contributed by atoms with Crippen molar-refractivity contribution in [3.63, 3.8) is 0 Å². The Bertz CT molecular complexity index is 3530. The smallest absolute Gasteiger partial charge is 0.164 e. The van der Waals surface area contributed by atoms with Gasteiger partial charge in [-0.05, 0) is 99.0 Å². The molecule has 0 radical (unpaired) electrons. The molecule has 0 fully saturated rings. The maximum absolute atomic E-state index is 5.15. The van der Waals surface area contributed by atoms with E-state index in [2.05, 4.69) is 170 Å². The summed E-state index contributed by atoms with van der Waals surface area (Å²) in [5.41, 5.74) is 7.34. The maximum Gasteiger partial charge on any atom is 0.164 e. The molecule has 0 aliphatic carbocycles. The summed E-state index contributed by atoms with van der Waals surface area (Å²) in [6, 6.07) is 71.8. The minimum Gasteiger partial charge on any atom is -0.208 e. The average molecular weight is 736 g/mol.